The Labute approximate surface area is 78.4 Å². The van der Waals surface area contributed by atoms with Gasteiger partial charge in [-0.3, -0.25) is 0 Å². The van der Waals surface area contributed by atoms with Gasteiger partial charge in [0.1, 0.15) is 5.82 Å². The van der Waals surface area contributed by atoms with Gasteiger partial charge in [-0.15, -0.1) is 0 Å². The second-order valence-corrected chi connectivity index (χ2v) is 2.81. The van der Waals surface area contributed by atoms with Crippen LogP contribution in [0, 0.1) is 6.92 Å². The molecular weight excluding hydrogens is 166 g/mol. The monoisotopic (exact) mass is 181 g/mol. The highest BCUT2D eigenvalue weighted by Gasteiger charge is 1.92. The van der Waals surface area contributed by atoms with Crippen LogP contribution >= 0.6 is 0 Å². The summed E-state index contributed by atoms with van der Waals surface area (Å²) in [7, 11) is 1.69. The highest BCUT2D eigenvalue weighted by Crippen LogP contribution is 1.93. The predicted molar refractivity (Wildman–Crippen MR) is 50.4 cm³/mol. The Bertz CT molecular complexity index is 235. The fourth-order valence-electron chi connectivity index (χ4n) is 0.918. The lowest BCUT2D eigenvalue weighted by Gasteiger charge is -2.03. The third kappa shape index (κ3) is 3.96. The van der Waals surface area contributed by atoms with Crippen molar-refractivity contribution in [3.63, 3.8) is 0 Å². The molecule has 0 atom stereocenters. The van der Waals surface area contributed by atoms with Crippen LogP contribution in [0.15, 0.2) is 12.4 Å². The molecule has 0 amide bonds. The summed E-state index contributed by atoms with van der Waals surface area (Å²) in [6.45, 7) is 4.25. The van der Waals surface area contributed by atoms with Gasteiger partial charge in [0.2, 0.25) is 0 Å². The predicted octanol–water partition coefficient (Wildman–Crippen LogP) is 0.521. The second kappa shape index (κ2) is 5.61. The minimum absolute atomic E-state index is 0.729. The first kappa shape index (κ1) is 10.1. The zero-order valence-corrected chi connectivity index (χ0v) is 8.08. The van der Waals surface area contributed by atoms with E-state index in [9.17, 15) is 0 Å². The van der Waals surface area contributed by atoms with Gasteiger partial charge < -0.3 is 10.1 Å². The Balaban J connectivity index is 2.25. The maximum atomic E-state index is 4.91. The van der Waals surface area contributed by atoms with Crippen LogP contribution in [0.3, 0.4) is 0 Å². The zero-order valence-electron chi connectivity index (χ0n) is 8.08. The first-order valence-corrected chi connectivity index (χ1v) is 4.30. The largest absolute Gasteiger partial charge is 0.383 e. The van der Waals surface area contributed by atoms with Crippen molar-refractivity contribution in [2.24, 2.45) is 0 Å². The molecule has 4 nitrogen and oxygen atoms in total. The molecule has 1 aromatic rings. The number of aryl methyl sites for hydroxylation is 1. The van der Waals surface area contributed by atoms with E-state index >= 15 is 0 Å². The SMILES string of the molecule is COCCNCc1cnc(C)nc1. The van der Waals surface area contributed by atoms with Gasteiger partial charge in [-0.05, 0) is 6.92 Å². The molecule has 0 bridgehead atoms. The van der Waals surface area contributed by atoms with E-state index in [0.29, 0.717) is 0 Å². The maximum absolute atomic E-state index is 4.91. The quantitative estimate of drug-likeness (QED) is 0.673. The molecule has 0 saturated heterocycles. The summed E-state index contributed by atoms with van der Waals surface area (Å²) in [5.41, 5.74) is 1.10. The molecule has 1 N–H and O–H groups in total. The van der Waals surface area contributed by atoms with Crippen LogP contribution in [0.2, 0.25) is 0 Å². The number of aromatic nitrogens is 2. The molecule has 72 valence electrons. The van der Waals surface area contributed by atoms with E-state index in [4.69, 9.17) is 4.74 Å². The first-order valence-electron chi connectivity index (χ1n) is 4.30. The van der Waals surface area contributed by atoms with Gasteiger partial charge in [0.05, 0.1) is 6.61 Å². The minimum Gasteiger partial charge on any atom is -0.383 e. The number of nitrogens with zero attached hydrogens (tertiary/aromatic N) is 2. The van der Waals surface area contributed by atoms with E-state index < -0.39 is 0 Å². The Morgan fingerprint density at radius 3 is 2.69 bits per heavy atom. The van der Waals surface area contributed by atoms with Crippen molar-refractivity contribution in [1.29, 1.82) is 0 Å². The van der Waals surface area contributed by atoms with E-state index in [1.165, 1.54) is 0 Å². The molecule has 0 fully saturated rings. The molecule has 1 rings (SSSR count). The van der Waals surface area contributed by atoms with Crippen LogP contribution in [-0.4, -0.2) is 30.2 Å². The lowest BCUT2D eigenvalue weighted by atomic mass is 10.3. The van der Waals surface area contributed by atoms with Crippen molar-refractivity contribution in [1.82, 2.24) is 15.3 Å². The van der Waals surface area contributed by atoms with Crippen molar-refractivity contribution in [2.75, 3.05) is 20.3 Å². The lowest BCUT2D eigenvalue weighted by molar-refractivity contribution is 0.199. The Morgan fingerprint density at radius 1 is 1.38 bits per heavy atom. The summed E-state index contributed by atoms with van der Waals surface area (Å²) in [4.78, 5) is 8.19. The summed E-state index contributed by atoms with van der Waals surface area (Å²) >= 11 is 0. The van der Waals surface area contributed by atoms with Crippen LogP contribution in [0.4, 0.5) is 0 Å². The average Bonchev–Trinajstić information content (AvgIpc) is 2.15. The van der Waals surface area contributed by atoms with Crippen LogP contribution < -0.4 is 5.32 Å². The van der Waals surface area contributed by atoms with Gasteiger partial charge in [0.15, 0.2) is 0 Å². The van der Waals surface area contributed by atoms with E-state index in [0.717, 1.165) is 31.1 Å². The van der Waals surface area contributed by atoms with E-state index in [1.807, 2.05) is 19.3 Å². The second-order valence-electron chi connectivity index (χ2n) is 2.81. The van der Waals surface area contributed by atoms with Crippen molar-refractivity contribution in [3.8, 4) is 0 Å². The van der Waals surface area contributed by atoms with E-state index in [1.54, 1.807) is 7.11 Å². The Hall–Kier alpha value is -1.00. The zero-order chi connectivity index (χ0) is 9.52. The first-order chi connectivity index (χ1) is 6.33. The summed E-state index contributed by atoms with van der Waals surface area (Å²) in [5, 5.41) is 3.22. The molecule has 4 heteroatoms. The number of hydrogen-bond donors (Lipinski definition) is 1. The minimum atomic E-state index is 0.729. The highest BCUT2D eigenvalue weighted by molar-refractivity contribution is 5.03. The molecule has 0 aliphatic heterocycles. The van der Waals surface area contributed by atoms with Gasteiger partial charge in [0, 0.05) is 38.2 Å². The number of methoxy groups -OCH3 is 1. The summed E-state index contributed by atoms with van der Waals surface area (Å²) < 4.78 is 4.91. The molecule has 0 radical (unpaired) electrons. The van der Waals surface area contributed by atoms with Crippen LogP contribution in [0.5, 0.6) is 0 Å². The van der Waals surface area contributed by atoms with E-state index in [-0.39, 0.29) is 0 Å². The van der Waals surface area contributed by atoms with E-state index in [2.05, 4.69) is 15.3 Å². The maximum Gasteiger partial charge on any atom is 0.125 e. The molecule has 0 aromatic carbocycles. The van der Waals surface area contributed by atoms with Gasteiger partial charge in [-0.1, -0.05) is 0 Å². The van der Waals surface area contributed by atoms with Crippen molar-refractivity contribution in [2.45, 2.75) is 13.5 Å². The fourth-order valence-corrected chi connectivity index (χ4v) is 0.918. The van der Waals surface area contributed by atoms with Crippen molar-refractivity contribution in [3.05, 3.63) is 23.8 Å². The van der Waals surface area contributed by atoms with Crippen LogP contribution in [0.1, 0.15) is 11.4 Å². The lowest BCUT2D eigenvalue weighted by Crippen LogP contribution is -2.18. The number of hydrogen-bond acceptors (Lipinski definition) is 4. The van der Waals surface area contributed by atoms with Crippen molar-refractivity contribution < 1.29 is 4.74 Å². The van der Waals surface area contributed by atoms with Crippen LogP contribution in [-0.2, 0) is 11.3 Å². The number of ether oxygens (including phenoxy) is 1. The smallest absolute Gasteiger partial charge is 0.125 e. The fraction of sp³-hybridized carbons (Fsp3) is 0.556. The molecule has 1 heterocycles. The third-order valence-corrected chi connectivity index (χ3v) is 1.65. The molecule has 0 saturated carbocycles. The molecule has 0 spiro atoms. The van der Waals surface area contributed by atoms with Gasteiger partial charge in [-0.25, -0.2) is 9.97 Å². The molecule has 0 aliphatic rings. The Morgan fingerprint density at radius 2 is 2.08 bits per heavy atom. The highest BCUT2D eigenvalue weighted by atomic mass is 16.5. The average molecular weight is 181 g/mol. The van der Waals surface area contributed by atoms with Crippen molar-refractivity contribution >= 4 is 0 Å². The molecule has 0 unspecified atom stereocenters. The van der Waals surface area contributed by atoms with Gasteiger partial charge in [-0.2, -0.15) is 0 Å². The van der Waals surface area contributed by atoms with Crippen LogP contribution in [0.25, 0.3) is 0 Å². The standard InChI is InChI=1S/C9H15N3O/c1-8-11-6-9(7-12-8)5-10-3-4-13-2/h6-7,10H,3-5H2,1-2H3. The topological polar surface area (TPSA) is 47.0 Å². The Kier molecular flexibility index (Phi) is 4.35. The molecular formula is C9H15N3O. The number of nitrogens with one attached hydrogen (secondary N) is 1. The summed E-state index contributed by atoms with van der Waals surface area (Å²) in [6.07, 6.45) is 3.67. The third-order valence-electron chi connectivity index (χ3n) is 1.65. The summed E-state index contributed by atoms with van der Waals surface area (Å²) in [6, 6.07) is 0. The molecule has 1 aromatic heterocycles. The molecule has 13 heavy (non-hydrogen) atoms. The number of rotatable bonds is 5. The molecule has 0 aliphatic carbocycles. The normalized spacial score (nSPS) is 10.3. The van der Waals surface area contributed by atoms with Gasteiger partial charge >= 0.3 is 0 Å². The van der Waals surface area contributed by atoms with Gasteiger partial charge in [0.25, 0.3) is 0 Å². The summed E-state index contributed by atoms with van der Waals surface area (Å²) in [5.74, 6) is 0.806.